The fraction of sp³-hybridized carbons (Fsp3) is 0.500. The van der Waals surface area contributed by atoms with Crippen LogP contribution in [0.25, 0.3) is 0 Å². The van der Waals surface area contributed by atoms with Crippen LogP contribution in [0.4, 0.5) is 0 Å². The topological polar surface area (TPSA) is 54.5 Å². The van der Waals surface area contributed by atoms with Crippen molar-refractivity contribution in [1.82, 2.24) is 9.88 Å². The summed E-state index contributed by atoms with van der Waals surface area (Å²) in [5, 5.41) is 3.09. The summed E-state index contributed by atoms with van der Waals surface area (Å²) < 4.78 is 0. The minimum atomic E-state index is 0.269. The van der Waals surface area contributed by atoms with Crippen molar-refractivity contribution in [3.8, 4) is 0 Å². The second kappa shape index (κ2) is 3.33. The van der Waals surface area contributed by atoms with Gasteiger partial charge in [0.2, 0.25) is 0 Å². The van der Waals surface area contributed by atoms with Gasteiger partial charge in [0.05, 0.1) is 6.54 Å². The summed E-state index contributed by atoms with van der Waals surface area (Å²) in [6, 6.07) is 0.269. The van der Waals surface area contributed by atoms with Crippen LogP contribution in [-0.2, 0) is 0 Å². The molecule has 4 nitrogen and oxygen atoms in total. The molecule has 13 heavy (non-hydrogen) atoms. The molecule has 0 bridgehead atoms. The minimum absolute atomic E-state index is 0.269. The number of aromatic nitrogens is 1. The highest BCUT2D eigenvalue weighted by molar-refractivity contribution is 7.09. The van der Waals surface area contributed by atoms with E-state index in [2.05, 4.69) is 21.8 Å². The lowest BCUT2D eigenvalue weighted by Crippen LogP contribution is -2.35. The highest BCUT2D eigenvalue weighted by Crippen LogP contribution is 2.26. The maximum Gasteiger partial charge on any atom is 0.191 e. The van der Waals surface area contributed by atoms with E-state index in [-0.39, 0.29) is 6.04 Å². The number of hydrogen-bond acceptors (Lipinski definition) is 5. The number of rotatable bonds is 2. The van der Waals surface area contributed by atoms with Gasteiger partial charge in [-0.05, 0) is 6.92 Å². The second-order valence-electron chi connectivity index (χ2n) is 2.87. The van der Waals surface area contributed by atoms with Crippen molar-refractivity contribution < 1.29 is 0 Å². The molecule has 0 saturated carbocycles. The molecular formula is C8H12N4S. The highest BCUT2D eigenvalue weighted by atomic mass is 32.1. The molecular weight excluding hydrogens is 184 g/mol. The maximum atomic E-state index is 5.74. The van der Waals surface area contributed by atoms with Gasteiger partial charge < -0.3 is 10.6 Å². The molecule has 1 aromatic heterocycles. The molecule has 0 spiro atoms. The molecule has 1 aliphatic heterocycles. The maximum absolute atomic E-state index is 5.74. The Morgan fingerprint density at radius 3 is 3.23 bits per heavy atom. The van der Waals surface area contributed by atoms with E-state index in [9.17, 15) is 0 Å². The second-order valence-corrected chi connectivity index (χ2v) is 3.80. The zero-order valence-electron chi connectivity index (χ0n) is 7.47. The predicted octanol–water partition coefficient (Wildman–Crippen LogP) is 0.834. The summed E-state index contributed by atoms with van der Waals surface area (Å²) in [6.07, 6.45) is 1.82. The van der Waals surface area contributed by atoms with Crippen LogP contribution in [0.15, 0.2) is 16.6 Å². The van der Waals surface area contributed by atoms with E-state index in [0.717, 1.165) is 18.1 Å². The number of guanidine groups is 1. The standard InChI is InChI=1S/C8H12N4S/c1-2-12-6(5-11-8(12)9)7-10-3-4-13-7/h3-4,6H,2,5H2,1H3,(H2,9,11). The number of hydrogen-bond donors (Lipinski definition) is 1. The van der Waals surface area contributed by atoms with Crippen molar-refractivity contribution >= 4 is 17.3 Å². The summed E-state index contributed by atoms with van der Waals surface area (Å²) in [5.41, 5.74) is 5.74. The van der Waals surface area contributed by atoms with Crippen LogP contribution in [0.5, 0.6) is 0 Å². The fourth-order valence-corrected chi connectivity index (χ4v) is 2.26. The zero-order chi connectivity index (χ0) is 9.26. The Kier molecular flexibility index (Phi) is 2.18. The van der Waals surface area contributed by atoms with Crippen LogP contribution < -0.4 is 5.73 Å². The minimum Gasteiger partial charge on any atom is -0.370 e. The van der Waals surface area contributed by atoms with E-state index in [1.165, 1.54) is 0 Å². The van der Waals surface area contributed by atoms with E-state index in [1.807, 2.05) is 11.6 Å². The lowest BCUT2D eigenvalue weighted by Gasteiger charge is -2.22. The molecule has 70 valence electrons. The van der Waals surface area contributed by atoms with Gasteiger partial charge in [0.25, 0.3) is 0 Å². The first-order valence-electron chi connectivity index (χ1n) is 4.29. The Morgan fingerprint density at radius 2 is 2.62 bits per heavy atom. The summed E-state index contributed by atoms with van der Waals surface area (Å²) in [6.45, 7) is 3.71. The molecule has 5 heteroatoms. The first kappa shape index (κ1) is 8.50. The molecule has 1 aromatic rings. The van der Waals surface area contributed by atoms with Crippen molar-refractivity contribution in [2.24, 2.45) is 10.7 Å². The normalized spacial score (nSPS) is 22.1. The number of likely N-dealkylation sites (N-methyl/N-ethyl adjacent to an activating group) is 1. The smallest absolute Gasteiger partial charge is 0.191 e. The summed E-state index contributed by atoms with van der Waals surface area (Å²) in [7, 11) is 0. The lowest BCUT2D eigenvalue weighted by molar-refractivity contribution is 0.363. The molecule has 1 atom stereocenters. The molecule has 2 N–H and O–H groups in total. The van der Waals surface area contributed by atoms with E-state index in [0.29, 0.717) is 5.96 Å². The molecule has 2 rings (SSSR count). The van der Waals surface area contributed by atoms with Crippen LogP contribution in [0.1, 0.15) is 18.0 Å². The summed E-state index contributed by atoms with van der Waals surface area (Å²) >= 11 is 1.66. The Bertz CT molecular complexity index is 306. The zero-order valence-corrected chi connectivity index (χ0v) is 8.29. The number of nitrogens with two attached hydrogens (primary N) is 1. The number of thiazole rings is 1. The Balaban J connectivity index is 2.19. The highest BCUT2D eigenvalue weighted by Gasteiger charge is 2.27. The third kappa shape index (κ3) is 1.39. The van der Waals surface area contributed by atoms with Crippen molar-refractivity contribution in [2.45, 2.75) is 13.0 Å². The quantitative estimate of drug-likeness (QED) is 0.762. The lowest BCUT2D eigenvalue weighted by atomic mass is 10.3. The SMILES string of the molecule is CCN1C(N)=NCC1c1nccs1. The van der Waals surface area contributed by atoms with Crippen LogP contribution in [0, 0.1) is 0 Å². The Labute approximate surface area is 81.1 Å². The number of aliphatic imine (C=N–C) groups is 1. The van der Waals surface area contributed by atoms with E-state index in [1.54, 1.807) is 11.3 Å². The largest absolute Gasteiger partial charge is 0.370 e. The fourth-order valence-electron chi connectivity index (χ4n) is 1.52. The van der Waals surface area contributed by atoms with Crippen LogP contribution in [-0.4, -0.2) is 28.9 Å². The van der Waals surface area contributed by atoms with E-state index >= 15 is 0 Å². The van der Waals surface area contributed by atoms with Gasteiger partial charge in [0, 0.05) is 18.1 Å². The molecule has 0 aromatic carbocycles. The summed E-state index contributed by atoms with van der Waals surface area (Å²) in [5.74, 6) is 0.641. The molecule has 0 amide bonds. The first-order valence-corrected chi connectivity index (χ1v) is 5.17. The van der Waals surface area contributed by atoms with Crippen LogP contribution in [0.3, 0.4) is 0 Å². The molecule has 0 fully saturated rings. The molecule has 1 unspecified atom stereocenters. The molecule has 0 saturated heterocycles. The molecule has 0 radical (unpaired) electrons. The van der Waals surface area contributed by atoms with Crippen LogP contribution >= 0.6 is 11.3 Å². The summed E-state index contributed by atoms with van der Waals surface area (Å²) in [4.78, 5) is 10.6. The van der Waals surface area contributed by atoms with Gasteiger partial charge in [0.15, 0.2) is 5.96 Å². The van der Waals surface area contributed by atoms with Crippen molar-refractivity contribution in [3.05, 3.63) is 16.6 Å². The number of nitrogens with zero attached hydrogens (tertiary/aromatic N) is 3. The molecule has 0 aliphatic carbocycles. The third-order valence-electron chi connectivity index (χ3n) is 2.17. The van der Waals surface area contributed by atoms with Gasteiger partial charge in [0.1, 0.15) is 11.0 Å². The monoisotopic (exact) mass is 196 g/mol. The average Bonchev–Trinajstić information content (AvgIpc) is 2.71. The van der Waals surface area contributed by atoms with Gasteiger partial charge in [-0.15, -0.1) is 11.3 Å². The first-order chi connectivity index (χ1) is 6.33. The van der Waals surface area contributed by atoms with E-state index in [4.69, 9.17) is 5.73 Å². The van der Waals surface area contributed by atoms with Gasteiger partial charge >= 0.3 is 0 Å². The van der Waals surface area contributed by atoms with Gasteiger partial charge in [-0.3, -0.25) is 4.99 Å². The third-order valence-corrected chi connectivity index (χ3v) is 3.05. The Hall–Kier alpha value is -1.10. The average molecular weight is 196 g/mol. The predicted molar refractivity (Wildman–Crippen MR) is 53.7 cm³/mol. The van der Waals surface area contributed by atoms with Crippen molar-refractivity contribution in [1.29, 1.82) is 0 Å². The van der Waals surface area contributed by atoms with E-state index < -0.39 is 0 Å². The molecule has 1 aliphatic rings. The van der Waals surface area contributed by atoms with Crippen LogP contribution in [0.2, 0.25) is 0 Å². The van der Waals surface area contributed by atoms with Gasteiger partial charge in [-0.25, -0.2) is 4.98 Å². The van der Waals surface area contributed by atoms with Crippen molar-refractivity contribution in [2.75, 3.05) is 13.1 Å². The van der Waals surface area contributed by atoms with Gasteiger partial charge in [-0.2, -0.15) is 0 Å². The Morgan fingerprint density at radius 1 is 1.77 bits per heavy atom. The van der Waals surface area contributed by atoms with Gasteiger partial charge in [-0.1, -0.05) is 0 Å². The van der Waals surface area contributed by atoms with Crippen molar-refractivity contribution in [3.63, 3.8) is 0 Å². The molecule has 2 heterocycles.